The van der Waals surface area contributed by atoms with Crippen molar-refractivity contribution < 1.29 is 0 Å². The molecule has 0 aromatic heterocycles. The summed E-state index contributed by atoms with van der Waals surface area (Å²) >= 11 is 0. The Morgan fingerprint density at radius 2 is 1.02 bits per heavy atom. The SMILES string of the molecule is C=C1CCc2ccc(c(P(c3ccccc3)c3ccccc3)c2)CC/C(=C/C)C=C1P(c1ccccc1)c1ccccc1. The molecule has 0 amide bonds. The maximum absolute atomic E-state index is 4.76. The average molecular weight is 593 g/mol. The molecule has 2 heteroatoms. The maximum Gasteiger partial charge on any atom is -0.0116 e. The lowest BCUT2D eigenvalue weighted by molar-refractivity contribution is 0.937. The highest BCUT2D eigenvalue weighted by Gasteiger charge is 2.24. The van der Waals surface area contributed by atoms with Crippen LogP contribution in [0.4, 0.5) is 0 Å². The first-order valence-corrected chi connectivity index (χ1v) is 17.9. The quantitative estimate of drug-likeness (QED) is 0.173. The summed E-state index contributed by atoms with van der Waals surface area (Å²) in [7, 11) is -1.38. The molecule has 0 spiro atoms. The third-order valence-corrected chi connectivity index (χ3v) is 13.2. The van der Waals surface area contributed by atoms with Crippen molar-refractivity contribution in [3.05, 3.63) is 186 Å². The smallest absolute Gasteiger partial charge is 0.0116 e. The van der Waals surface area contributed by atoms with Crippen molar-refractivity contribution in [3.63, 3.8) is 0 Å². The van der Waals surface area contributed by atoms with Gasteiger partial charge in [-0.25, -0.2) is 0 Å². The molecule has 0 saturated heterocycles. The molecule has 0 saturated carbocycles. The van der Waals surface area contributed by atoms with E-state index in [1.165, 1.54) is 54.1 Å². The Balaban J connectivity index is 1.43. The van der Waals surface area contributed by atoms with Crippen LogP contribution in [0.25, 0.3) is 0 Å². The Kier molecular flexibility index (Phi) is 9.60. The van der Waals surface area contributed by atoms with E-state index in [1.54, 1.807) is 0 Å². The summed E-state index contributed by atoms with van der Waals surface area (Å²) in [6, 6.07) is 51.6. The lowest BCUT2D eigenvalue weighted by Gasteiger charge is -2.26. The predicted octanol–water partition coefficient (Wildman–Crippen LogP) is 8.84. The molecule has 0 N–H and O–H groups in total. The monoisotopic (exact) mass is 592 g/mol. The molecule has 0 atom stereocenters. The van der Waals surface area contributed by atoms with E-state index < -0.39 is 15.8 Å². The van der Waals surface area contributed by atoms with E-state index in [4.69, 9.17) is 6.58 Å². The van der Waals surface area contributed by atoms with Gasteiger partial charge < -0.3 is 0 Å². The summed E-state index contributed by atoms with van der Waals surface area (Å²) in [5.74, 6) is 0. The van der Waals surface area contributed by atoms with Crippen LogP contribution in [-0.2, 0) is 12.8 Å². The van der Waals surface area contributed by atoms with Gasteiger partial charge in [0.05, 0.1) is 0 Å². The van der Waals surface area contributed by atoms with Crippen molar-refractivity contribution in [2.24, 2.45) is 0 Å². The second kappa shape index (κ2) is 14.1. The number of rotatable bonds is 6. The predicted molar refractivity (Wildman–Crippen MR) is 192 cm³/mol. The van der Waals surface area contributed by atoms with Gasteiger partial charge in [-0.05, 0) is 97.0 Å². The van der Waals surface area contributed by atoms with Gasteiger partial charge >= 0.3 is 0 Å². The van der Waals surface area contributed by atoms with Gasteiger partial charge in [-0.3, -0.25) is 0 Å². The van der Waals surface area contributed by atoms with E-state index in [0.29, 0.717) is 0 Å². The van der Waals surface area contributed by atoms with Crippen molar-refractivity contribution in [2.45, 2.75) is 32.6 Å². The third kappa shape index (κ3) is 6.89. The van der Waals surface area contributed by atoms with Crippen LogP contribution in [0.3, 0.4) is 0 Å². The van der Waals surface area contributed by atoms with Gasteiger partial charge in [-0.1, -0.05) is 164 Å². The number of allylic oxidation sites excluding steroid dienone is 5. The van der Waals surface area contributed by atoms with E-state index >= 15 is 0 Å². The van der Waals surface area contributed by atoms with Crippen molar-refractivity contribution in [1.29, 1.82) is 0 Å². The van der Waals surface area contributed by atoms with E-state index in [0.717, 1.165) is 25.7 Å². The molecule has 7 rings (SSSR count). The highest BCUT2D eigenvalue weighted by atomic mass is 31.1. The normalized spacial score (nSPS) is 14.9. The van der Waals surface area contributed by atoms with E-state index in [1.807, 2.05) is 0 Å². The second-order valence-electron chi connectivity index (χ2n) is 11.0. The zero-order valence-electron chi connectivity index (χ0n) is 24.9. The lowest BCUT2D eigenvalue weighted by Crippen LogP contribution is -2.24. The van der Waals surface area contributed by atoms with Crippen LogP contribution in [0.1, 0.15) is 30.9 Å². The van der Waals surface area contributed by atoms with Gasteiger partial charge in [0.1, 0.15) is 0 Å². The second-order valence-corrected chi connectivity index (χ2v) is 15.3. The lowest BCUT2D eigenvalue weighted by atomic mass is 9.97. The minimum Gasteiger partial charge on any atom is -0.0952 e. The van der Waals surface area contributed by atoms with E-state index in [2.05, 4.69) is 159 Å². The molecule has 5 aromatic carbocycles. The molecule has 0 aliphatic heterocycles. The molecule has 212 valence electrons. The topological polar surface area (TPSA) is 0 Å². The molecule has 43 heavy (non-hydrogen) atoms. The van der Waals surface area contributed by atoms with Crippen LogP contribution in [-0.4, -0.2) is 0 Å². The minimum atomic E-state index is -0.718. The third-order valence-electron chi connectivity index (χ3n) is 8.14. The largest absolute Gasteiger partial charge is 0.0952 e. The molecule has 0 nitrogen and oxygen atoms in total. The molecule has 2 aliphatic rings. The molecule has 2 aliphatic carbocycles. The van der Waals surface area contributed by atoms with Crippen molar-refractivity contribution >= 4 is 42.4 Å². The molecule has 0 unspecified atom stereocenters. The van der Waals surface area contributed by atoms with Crippen LogP contribution >= 0.6 is 15.8 Å². The Hall–Kier alpha value is -3.82. The summed E-state index contributed by atoms with van der Waals surface area (Å²) in [6.07, 6.45) is 8.73. The number of benzene rings is 5. The van der Waals surface area contributed by atoms with Gasteiger partial charge in [-0.15, -0.1) is 0 Å². The van der Waals surface area contributed by atoms with Crippen LogP contribution in [0, 0.1) is 0 Å². The first-order chi connectivity index (χ1) is 21.2. The number of fused-ring (bicyclic) bond motifs is 8. The van der Waals surface area contributed by atoms with Crippen molar-refractivity contribution in [1.82, 2.24) is 0 Å². The van der Waals surface area contributed by atoms with Gasteiger partial charge in [0, 0.05) is 0 Å². The summed E-state index contributed by atoms with van der Waals surface area (Å²) in [5.41, 5.74) is 5.49. The van der Waals surface area contributed by atoms with Crippen LogP contribution in [0.2, 0.25) is 0 Å². The Morgan fingerprint density at radius 3 is 1.51 bits per heavy atom. The Bertz CT molecular complexity index is 1640. The van der Waals surface area contributed by atoms with Crippen molar-refractivity contribution in [3.8, 4) is 0 Å². The summed E-state index contributed by atoms with van der Waals surface area (Å²) in [5, 5.41) is 8.45. The number of aryl methyl sites for hydroxylation is 2. The zero-order chi connectivity index (χ0) is 29.4. The number of hydrogen-bond acceptors (Lipinski definition) is 0. The van der Waals surface area contributed by atoms with Crippen LogP contribution in [0.15, 0.2) is 175 Å². The first kappa shape index (κ1) is 29.3. The number of hydrogen-bond donors (Lipinski definition) is 0. The average Bonchev–Trinajstić information content (AvgIpc) is 3.07. The van der Waals surface area contributed by atoms with Crippen LogP contribution < -0.4 is 26.5 Å². The van der Waals surface area contributed by atoms with Gasteiger partial charge in [0.15, 0.2) is 0 Å². The highest BCUT2D eigenvalue weighted by Crippen LogP contribution is 2.48. The van der Waals surface area contributed by atoms with Gasteiger partial charge in [0.25, 0.3) is 0 Å². The van der Waals surface area contributed by atoms with Crippen molar-refractivity contribution in [2.75, 3.05) is 0 Å². The molecule has 0 fully saturated rings. The van der Waals surface area contributed by atoms with Gasteiger partial charge in [0.2, 0.25) is 0 Å². The standard InChI is InChI=1S/C41H38P2/c1-3-33-26-28-35-29-27-34(31-41(35)43(38-20-12-6-13-21-38)39-22-14-7-15-23-39)25-24-32(2)40(30-33)42(36-16-8-4-9-17-36)37-18-10-5-11-19-37/h3-23,27,29-31H,2,24-26,28H2,1H3/b33-3-,40-30?. The van der Waals surface area contributed by atoms with E-state index in [-0.39, 0.29) is 0 Å². The Labute approximate surface area is 260 Å². The summed E-state index contributed by atoms with van der Waals surface area (Å²) < 4.78 is 0. The fourth-order valence-corrected chi connectivity index (χ4v) is 10.9. The maximum atomic E-state index is 4.76. The fourth-order valence-electron chi connectivity index (χ4n) is 5.85. The zero-order valence-corrected chi connectivity index (χ0v) is 26.7. The summed E-state index contributed by atoms with van der Waals surface area (Å²) in [6.45, 7) is 6.95. The molecule has 0 radical (unpaired) electrons. The molecule has 0 heterocycles. The molecule has 5 aromatic rings. The first-order valence-electron chi connectivity index (χ1n) is 15.2. The van der Waals surface area contributed by atoms with Gasteiger partial charge in [-0.2, -0.15) is 0 Å². The molecular weight excluding hydrogens is 554 g/mol. The van der Waals surface area contributed by atoms with Crippen LogP contribution in [0.5, 0.6) is 0 Å². The minimum absolute atomic E-state index is 0.660. The Morgan fingerprint density at radius 1 is 0.535 bits per heavy atom. The summed E-state index contributed by atoms with van der Waals surface area (Å²) in [4.78, 5) is 0. The molecule has 2 bridgehead atoms. The molecular formula is C41H38P2. The fraction of sp³-hybridized carbons (Fsp3) is 0.122. The van der Waals surface area contributed by atoms with E-state index in [9.17, 15) is 0 Å². The highest BCUT2D eigenvalue weighted by molar-refractivity contribution is 7.80.